The van der Waals surface area contributed by atoms with Crippen molar-refractivity contribution < 1.29 is 14.3 Å². The minimum absolute atomic E-state index is 0.0143. The molecule has 6 nitrogen and oxygen atoms in total. The second-order valence-corrected chi connectivity index (χ2v) is 6.62. The van der Waals surface area contributed by atoms with E-state index in [1.807, 2.05) is 12.1 Å². The van der Waals surface area contributed by atoms with E-state index in [9.17, 15) is 14.4 Å². The number of carbonyl (C=O) groups excluding carboxylic acids is 2. The second kappa shape index (κ2) is 8.61. The van der Waals surface area contributed by atoms with Crippen LogP contribution in [0.4, 0.5) is 0 Å². The Morgan fingerprint density at radius 2 is 1.71 bits per heavy atom. The molecular weight excluding hydrogens is 356 g/mol. The molecule has 0 amide bonds. The summed E-state index contributed by atoms with van der Waals surface area (Å²) in [6, 6.07) is 14.0. The van der Waals surface area contributed by atoms with E-state index in [0.29, 0.717) is 16.3 Å². The van der Waals surface area contributed by atoms with Crippen LogP contribution >= 0.6 is 0 Å². The number of hydrogen-bond donors (Lipinski definition) is 0. The van der Waals surface area contributed by atoms with E-state index >= 15 is 0 Å². The van der Waals surface area contributed by atoms with Gasteiger partial charge in [-0.25, -0.2) is 9.48 Å². The fourth-order valence-corrected chi connectivity index (χ4v) is 2.97. The van der Waals surface area contributed by atoms with Crippen LogP contribution in [0.5, 0.6) is 0 Å². The Morgan fingerprint density at radius 3 is 2.39 bits per heavy atom. The maximum absolute atomic E-state index is 12.5. The molecule has 0 spiro atoms. The van der Waals surface area contributed by atoms with Crippen molar-refractivity contribution in [3.05, 3.63) is 75.7 Å². The normalized spacial score (nSPS) is 10.8. The van der Waals surface area contributed by atoms with Crippen molar-refractivity contribution in [1.29, 1.82) is 0 Å². The molecule has 0 radical (unpaired) electrons. The van der Waals surface area contributed by atoms with Crippen LogP contribution in [-0.2, 0) is 18.2 Å². The van der Waals surface area contributed by atoms with Crippen LogP contribution in [0, 0.1) is 0 Å². The lowest BCUT2D eigenvalue weighted by Gasteiger charge is -2.08. The zero-order valence-electron chi connectivity index (χ0n) is 16.0. The van der Waals surface area contributed by atoms with Crippen LogP contribution in [0.2, 0.25) is 0 Å². The van der Waals surface area contributed by atoms with Gasteiger partial charge < -0.3 is 4.74 Å². The molecule has 144 valence electrons. The number of fused-ring (bicyclic) bond motifs is 1. The minimum atomic E-state index is -0.736. The number of ketones is 1. The maximum atomic E-state index is 12.5. The highest BCUT2D eigenvalue weighted by Crippen LogP contribution is 2.14. The quantitative estimate of drug-likeness (QED) is 0.466. The third-order valence-electron chi connectivity index (χ3n) is 4.58. The number of carbonyl (C=O) groups is 2. The molecule has 0 aliphatic heterocycles. The number of nitrogens with zero attached hydrogens (tertiary/aromatic N) is 2. The summed E-state index contributed by atoms with van der Waals surface area (Å²) < 4.78 is 6.27. The Morgan fingerprint density at radius 1 is 1.04 bits per heavy atom. The summed E-state index contributed by atoms with van der Waals surface area (Å²) in [5, 5.41) is 4.79. The van der Waals surface area contributed by atoms with Gasteiger partial charge in [-0.1, -0.05) is 55.8 Å². The summed E-state index contributed by atoms with van der Waals surface area (Å²) in [7, 11) is 1.47. The standard InChI is InChI=1S/C22H22N2O4/c1-3-4-7-15-10-12-16(13-11-15)19(25)14-28-22(27)20-17-8-5-6-9-18(17)21(26)24(2)23-20/h5-6,8-13H,3-4,7,14H2,1-2H3. The van der Waals surface area contributed by atoms with Crippen molar-refractivity contribution in [2.24, 2.45) is 7.05 Å². The number of ether oxygens (including phenoxy) is 1. The summed E-state index contributed by atoms with van der Waals surface area (Å²) in [5.74, 6) is -1.02. The molecule has 0 saturated carbocycles. The van der Waals surface area contributed by atoms with Crippen molar-refractivity contribution in [2.45, 2.75) is 26.2 Å². The first-order valence-electron chi connectivity index (χ1n) is 9.26. The van der Waals surface area contributed by atoms with Crippen LogP contribution < -0.4 is 5.56 Å². The second-order valence-electron chi connectivity index (χ2n) is 6.62. The molecule has 28 heavy (non-hydrogen) atoms. The summed E-state index contributed by atoms with van der Waals surface area (Å²) in [6.07, 6.45) is 3.20. The summed E-state index contributed by atoms with van der Waals surface area (Å²) in [6.45, 7) is 1.75. The van der Waals surface area contributed by atoms with Crippen molar-refractivity contribution in [2.75, 3.05) is 6.61 Å². The van der Waals surface area contributed by atoms with Gasteiger partial charge in [-0.2, -0.15) is 5.10 Å². The molecular formula is C22H22N2O4. The smallest absolute Gasteiger partial charge is 0.359 e. The Kier molecular flexibility index (Phi) is 5.99. The Bertz CT molecular complexity index is 1070. The third kappa shape index (κ3) is 4.17. The van der Waals surface area contributed by atoms with E-state index in [1.165, 1.54) is 12.6 Å². The maximum Gasteiger partial charge on any atom is 0.359 e. The molecule has 6 heteroatoms. The molecule has 0 saturated heterocycles. The predicted molar refractivity (Wildman–Crippen MR) is 107 cm³/mol. The number of hydrogen-bond acceptors (Lipinski definition) is 5. The molecule has 0 fully saturated rings. The Balaban J connectivity index is 1.72. The molecule has 1 heterocycles. The monoisotopic (exact) mass is 378 g/mol. The van der Waals surface area contributed by atoms with Crippen LogP contribution in [0.1, 0.15) is 46.2 Å². The molecule has 3 aromatic rings. The molecule has 0 bridgehead atoms. The summed E-state index contributed by atoms with van der Waals surface area (Å²) >= 11 is 0. The highest BCUT2D eigenvalue weighted by Gasteiger charge is 2.18. The lowest BCUT2D eigenvalue weighted by Crippen LogP contribution is -2.24. The number of Topliss-reactive ketones (excluding diaryl/α,β-unsaturated/α-hetero) is 1. The average molecular weight is 378 g/mol. The van der Waals surface area contributed by atoms with Gasteiger partial charge in [0.25, 0.3) is 5.56 Å². The highest BCUT2D eigenvalue weighted by atomic mass is 16.5. The van der Waals surface area contributed by atoms with E-state index in [4.69, 9.17) is 4.74 Å². The molecule has 1 aromatic heterocycles. The number of rotatable bonds is 7. The molecule has 0 aliphatic rings. The van der Waals surface area contributed by atoms with Crippen LogP contribution in [0.15, 0.2) is 53.3 Å². The van der Waals surface area contributed by atoms with Crippen molar-refractivity contribution in [3.63, 3.8) is 0 Å². The topological polar surface area (TPSA) is 78.3 Å². The molecule has 0 unspecified atom stereocenters. The van der Waals surface area contributed by atoms with Gasteiger partial charge in [0, 0.05) is 18.0 Å². The van der Waals surface area contributed by atoms with E-state index in [0.717, 1.165) is 23.9 Å². The van der Waals surface area contributed by atoms with Crippen molar-refractivity contribution in [3.8, 4) is 0 Å². The van der Waals surface area contributed by atoms with Crippen LogP contribution in [0.3, 0.4) is 0 Å². The first kappa shape index (κ1) is 19.5. The van der Waals surface area contributed by atoms with Gasteiger partial charge in [-0.3, -0.25) is 9.59 Å². The number of esters is 1. The van der Waals surface area contributed by atoms with Gasteiger partial charge in [0.15, 0.2) is 18.1 Å². The van der Waals surface area contributed by atoms with Gasteiger partial charge in [0.1, 0.15) is 0 Å². The largest absolute Gasteiger partial charge is 0.452 e. The zero-order valence-corrected chi connectivity index (χ0v) is 16.0. The summed E-state index contributed by atoms with van der Waals surface area (Å²) in [4.78, 5) is 37.0. The fourth-order valence-electron chi connectivity index (χ4n) is 2.97. The van der Waals surface area contributed by atoms with Gasteiger partial charge in [-0.15, -0.1) is 0 Å². The number of aryl methyl sites for hydroxylation is 2. The lowest BCUT2D eigenvalue weighted by molar-refractivity contribution is 0.0469. The van der Waals surface area contributed by atoms with Crippen molar-refractivity contribution in [1.82, 2.24) is 9.78 Å². The first-order chi connectivity index (χ1) is 13.5. The van der Waals surface area contributed by atoms with Crippen LogP contribution in [0.25, 0.3) is 10.8 Å². The molecule has 3 rings (SSSR count). The van der Waals surface area contributed by atoms with Crippen molar-refractivity contribution >= 4 is 22.5 Å². The fraction of sp³-hybridized carbons (Fsp3) is 0.273. The van der Waals surface area contributed by atoms with Gasteiger partial charge >= 0.3 is 5.97 Å². The number of benzene rings is 2. The molecule has 0 N–H and O–H groups in total. The molecule has 0 aliphatic carbocycles. The van der Waals surface area contributed by atoms with Gasteiger partial charge in [0.05, 0.1) is 5.39 Å². The van der Waals surface area contributed by atoms with Gasteiger partial charge in [0.2, 0.25) is 0 Å². The SMILES string of the molecule is CCCCc1ccc(C(=O)COC(=O)c2nn(C)c(=O)c3ccccc23)cc1. The Hall–Kier alpha value is -3.28. The van der Waals surface area contributed by atoms with Gasteiger partial charge in [-0.05, 0) is 24.5 Å². The first-order valence-corrected chi connectivity index (χ1v) is 9.26. The molecule has 2 aromatic carbocycles. The van der Waals surface area contributed by atoms with E-state index in [2.05, 4.69) is 12.0 Å². The van der Waals surface area contributed by atoms with E-state index < -0.39 is 5.97 Å². The number of unbranched alkanes of at least 4 members (excludes halogenated alkanes) is 1. The average Bonchev–Trinajstić information content (AvgIpc) is 2.73. The zero-order chi connectivity index (χ0) is 20.1. The lowest BCUT2D eigenvalue weighted by atomic mass is 10.0. The van der Waals surface area contributed by atoms with E-state index in [-0.39, 0.29) is 23.6 Å². The molecule has 0 atom stereocenters. The predicted octanol–water partition coefficient (Wildman–Crippen LogP) is 3.32. The highest BCUT2D eigenvalue weighted by molar-refractivity contribution is 6.04. The minimum Gasteiger partial charge on any atom is -0.452 e. The van der Waals surface area contributed by atoms with E-state index in [1.54, 1.807) is 36.4 Å². The summed E-state index contributed by atoms with van der Waals surface area (Å²) in [5.41, 5.74) is 1.38. The number of aromatic nitrogens is 2. The third-order valence-corrected chi connectivity index (χ3v) is 4.58. The Labute approximate surface area is 162 Å². The van der Waals surface area contributed by atoms with Crippen LogP contribution in [-0.4, -0.2) is 28.1 Å².